The number of hydrogen-bond acceptors (Lipinski definition) is 4. The van der Waals surface area contributed by atoms with E-state index in [0.29, 0.717) is 12.8 Å². The topological polar surface area (TPSA) is 63.7 Å². The summed E-state index contributed by atoms with van der Waals surface area (Å²) in [5, 5.41) is 0. The van der Waals surface area contributed by atoms with Crippen LogP contribution in [0.15, 0.2) is 25.3 Å². The molecule has 1 aliphatic rings. The van der Waals surface area contributed by atoms with Crippen molar-refractivity contribution in [2.75, 3.05) is 0 Å². The number of likely N-dealkylation sites (tertiary alicyclic amines) is 1. The molecule has 0 radical (unpaired) electrons. The second-order valence-corrected chi connectivity index (χ2v) is 6.75. The lowest BCUT2D eigenvalue weighted by molar-refractivity contribution is -0.137. The molecule has 0 bridgehead atoms. The minimum absolute atomic E-state index is 0.228. The van der Waals surface area contributed by atoms with E-state index in [-0.39, 0.29) is 18.1 Å². The van der Waals surface area contributed by atoms with Crippen molar-refractivity contribution in [1.29, 1.82) is 0 Å². The molecule has 1 aliphatic heterocycles. The minimum Gasteiger partial charge on any atom is -0.443 e. The van der Waals surface area contributed by atoms with Crippen LogP contribution in [0, 0.1) is 5.41 Å². The summed E-state index contributed by atoms with van der Waals surface area (Å²) in [7, 11) is 0. The summed E-state index contributed by atoms with van der Waals surface area (Å²) in [4.78, 5) is 38.1. The maximum atomic E-state index is 12.8. The van der Waals surface area contributed by atoms with E-state index >= 15 is 0 Å². The Bertz CT molecular complexity index is 491. The Kier molecular flexibility index (Phi) is 5.33. The highest BCUT2D eigenvalue weighted by Gasteiger charge is 2.54. The fourth-order valence-electron chi connectivity index (χ4n) is 2.77. The first-order valence-electron chi connectivity index (χ1n) is 7.37. The van der Waals surface area contributed by atoms with Crippen LogP contribution in [0.3, 0.4) is 0 Å². The second-order valence-electron chi connectivity index (χ2n) is 6.75. The zero-order valence-corrected chi connectivity index (χ0v) is 13.8. The van der Waals surface area contributed by atoms with Gasteiger partial charge in [0.15, 0.2) is 5.78 Å². The van der Waals surface area contributed by atoms with Gasteiger partial charge in [0.05, 0.1) is 5.41 Å². The third-order valence-corrected chi connectivity index (χ3v) is 3.70. The van der Waals surface area contributed by atoms with E-state index in [2.05, 4.69) is 13.2 Å². The van der Waals surface area contributed by atoms with Gasteiger partial charge in [-0.05, 0) is 47.0 Å². The molecule has 1 saturated heterocycles. The van der Waals surface area contributed by atoms with E-state index < -0.39 is 23.2 Å². The maximum absolute atomic E-state index is 12.8. The molecule has 22 heavy (non-hydrogen) atoms. The summed E-state index contributed by atoms with van der Waals surface area (Å²) in [5.41, 5.74) is -1.57. The largest absolute Gasteiger partial charge is 0.443 e. The SMILES string of the molecule is C=CCC1(CC=C)CC(C(C)=O)N(C(=O)OC(C)(C)C)C1=O. The lowest BCUT2D eigenvalue weighted by Crippen LogP contribution is -2.46. The first-order valence-corrected chi connectivity index (χ1v) is 7.37. The van der Waals surface area contributed by atoms with Crippen molar-refractivity contribution in [2.24, 2.45) is 5.41 Å². The molecule has 0 aromatic rings. The van der Waals surface area contributed by atoms with Crippen LogP contribution in [0.1, 0.15) is 47.0 Å². The standard InChI is InChI=1S/C17H25NO4/c1-7-9-17(10-8-2)11-13(12(3)19)18(14(17)20)15(21)22-16(4,5)6/h7-8,13H,1-2,9-11H2,3-6H3. The number of Topliss-reactive ketones (excluding diaryl/α,β-unsaturated/α-hetero) is 1. The van der Waals surface area contributed by atoms with Gasteiger partial charge in [-0.15, -0.1) is 13.2 Å². The lowest BCUT2D eigenvalue weighted by atomic mass is 9.78. The number of amides is 2. The highest BCUT2D eigenvalue weighted by molar-refractivity contribution is 6.03. The van der Waals surface area contributed by atoms with Crippen molar-refractivity contribution < 1.29 is 19.1 Å². The average Bonchev–Trinajstić information content (AvgIpc) is 2.62. The molecule has 1 atom stereocenters. The number of allylic oxidation sites excluding steroid dienone is 2. The molecule has 0 aromatic heterocycles. The summed E-state index contributed by atoms with van der Waals surface area (Å²) in [6.45, 7) is 13.9. The fourth-order valence-corrected chi connectivity index (χ4v) is 2.77. The van der Waals surface area contributed by atoms with Crippen LogP contribution in [0.4, 0.5) is 4.79 Å². The van der Waals surface area contributed by atoms with Crippen molar-refractivity contribution in [3.63, 3.8) is 0 Å². The number of hydrogen-bond donors (Lipinski definition) is 0. The van der Waals surface area contributed by atoms with E-state index in [1.54, 1.807) is 32.9 Å². The highest BCUT2D eigenvalue weighted by atomic mass is 16.6. The third-order valence-electron chi connectivity index (χ3n) is 3.70. The van der Waals surface area contributed by atoms with Crippen LogP contribution in [-0.4, -0.2) is 34.3 Å². The maximum Gasteiger partial charge on any atom is 0.417 e. The zero-order chi connectivity index (χ0) is 17.1. The smallest absolute Gasteiger partial charge is 0.417 e. The number of carbonyl (C=O) groups excluding carboxylic acids is 3. The van der Waals surface area contributed by atoms with Gasteiger partial charge in [0.2, 0.25) is 5.91 Å². The predicted molar refractivity (Wildman–Crippen MR) is 84.2 cm³/mol. The number of ketones is 1. The van der Waals surface area contributed by atoms with E-state index in [4.69, 9.17) is 4.74 Å². The summed E-state index contributed by atoms with van der Waals surface area (Å²) >= 11 is 0. The average molecular weight is 307 g/mol. The quantitative estimate of drug-likeness (QED) is 0.731. The van der Waals surface area contributed by atoms with Gasteiger partial charge < -0.3 is 4.74 Å². The Morgan fingerprint density at radius 1 is 1.32 bits per heavy atom. The van der Waals surface area contributed by atoms with Crippen molar-refractivity contribution >= 4 is 17.8 Å². The molecule has 0 saturated carbocycles. The molecule has 2 amide bonds. The monoisotopic (exact) mass is 307 g/mol. The van der Waals surface area contributed by atoms with Crippen LogP contribution in [0.5, 0.6) is 0 Å². The van der Waals surface area contributed by atoms with Gasteiger partial charge in [0.1, 0.15) is 11.6 Å². The number of rotatable bonds is 5. The molecular formula is C17H25NO4. The van der Waals surface area contributed by atoms with Gasteiger partial charge >= 0.3 is 6.09 Å². The molecule has 1 heterocycles. The molecule has 0 aromatic carbocycles. The summed E-state index contributed by atoms with van der Waals surface area (Å²) in [6, 6.07) is -0.790. The first-order chi connectivity index (χ1) is 10.1. The normalized spacial score (nSPS) is 20.6. The van der Waals surface area contributed by atoms with Gasteiger partial charge in [-0.2, -0.15) is 0 Å². The van der Waals surface area contributed by atoms with Gasteiger partial charge in [0, 0.05) is 0 Å². The Morgan fingerprint density at radius 2 is 1.82 bits per heavy atom. The lowest BCUT2D eigenvalue weighted by Gasteiger charge is -2.27. The van der Waals surface area contributed by atoms with Gasteiger partial charge in [-0.1, -0.05) is 12.2 Å². The molecule has 1 unspecified atom stereocenters. The van der Waals surface area contributed by atoms with E-state index in [9.17, 15) is 14.4 Å². The van der Waals surface area contributed by atoms with Gasteiger partial charge in [-0.25, -0.2) is 9.69 Å². The second kappa shape index (κ2) is 6.46. The number of imide groups is 1. The first kappa shape index (κ1) is 18.1. The Labute approximate surface area is 132 Å². The Hall–Kier alpha value is -1.91. The fraction of sp³-hybridized carbons (Fsp3) is 0.588. The van der Waals surface area contributed by atoms with E-state index in [1.165, 1.54) is 6.92 Å². The van der Waals surface area contributed by atoms with Crippen LogP contribution in [0.25, 0.3) is 0 Å². The van der Waals surface area contributed by atoms with Crippen LogP contribution in [-0.2, 0) is 14.3 Å². The molecule has 5 nitrogen and oxygen atoms in total. The Balaban J connectivity index is 3.20. The van der Waals surface area contributed by atoms with Gasteiger partial charge in [0.25, 0.3) is 0 Å². The van der Waals surface area contributed by atoms with Crippen LogP contribution >= 0.6 is 0 Å². The molecule has 1 fully saturated rings. The van der Waals surface area contributed by atoms with Crippen molar-refractivity contribution in [1.82, 2.24) is 4.90 Å². The molecule has 122 valence electrons. The van der Waals surface area contributed by atoms with Crippen molar-refractivity contribution in [2.45, 2.75) is 58.6 Å². The highest BCUT2D eigenvalue weighted by Crippen LogP contribution is 2.43. The van der Waals surface area contributed by atoms with Gasteiger partial charge in [-0.3, -0.25) is 9.59 Å². The zero-order valence-electron chi connectivity index (χ0n) is 13.8. The van der Waals surface area contributed by atoms with Crippen LogP contribution in [0.2, 0.25) is 0 Å². The third kappa shape index (κ3) is 3.64. The predicted octanol–water partition coefficient (Wildman–Crippen LogP) is 3.25. The minimum atomic E-state index is -0.837. The molecular weight excluding hydrogens is 282 g/mol. The number of carbonyl (C=O) groups is 3. The summed E-state index contributed by atoms with van der Waals surface area (Å²) in [5.74, 6) is -0.615. The molecule has 0 N–H and O–H groups in total. The van der Waals surface area contributed by atoms with Crippen LogP contribution < -0.4 is 0 Å². The van der Waals surface area contributed by atoms with E-state index in [0.717, 1.165) is 4.90 Å². The van der Waals surface area contributed by atoms with Crippen molar-refractivity contribution in [3.05, 3.63) is 25.3 Å². The van der Waals surface area contributed by atoms with Crippen molar-refractivity contribution in [3.8, 4) is 0 Å². The molecule has 5 heteroatoms. The number of ether oxygens (including phenoxy) is 1. The summed E-state index contributed by atoms with van der Waals surface area (Å²) < 4.78 is 5.28. The number of nitrogens with zero attached hydrogens (tertiary/aromatic N) is 1. The molecule has 1 rings (SSSR count). The Morgan fingerprint density at radius 3 is 2.18 bits per heavy atom. The molecule has 0 aliphatic carbocycles. The summed E-state index contributed by atoms with van der Waals surface area (Å²) in [6.07, 6.45) is 3.56. The molecule has 0 spiro atoms. The van der Waals surface area contributed by atoms with E-state index in [1.807, 2.05) is 0 Å².